The van der Waals surface area contributed by atoms with Crippen molar-refractivity contribution in [3.8, 4) is 5.75 Å². The number of rotatable bonds is 4. The average Bonchev–Trinajstić information content (AvgIpc) is 3.34. The van der Waals surface area contributed by atoms with Crippen molar-refractivity contribution < 1.29 is 19.1 Å². The zero-order chi connectivity index (χ0) is 27.7. The molecule has 1 spiro atoms. The standard InChI is InChI=1S/C33H30BrNO4/c1-5-39-25-13-9-8-12-23(25)27-28(31(38)32(2,3)4)35-24-16-15-20(34)18-19(24)14-17-26(35)33(27)29(36)21-10-6-7-11-22(21)30(33)37/h6-18,26-28H,5H2,1-4H3/t26-,27+,28+/m0/s1. The Labute approximate surface area is 237 Å². The van der Waals surface area contributed by atoms with E-state index in [2.05, 4.69) is 15.9 Å². The zero-order valence-electron chi connectivity index (χ0n) is 22.4. The van der Waals surface area contributed by atoms with Crippen LogP contribution in [0.2, 0.25) is 0 Å². The SMILES string of the molecule is CCOc1ccccc1[C@@H]1[C@H](C(=O)C(C)(C)C)N2c3ccc(Br)cc3C=C[C@H]2C12C(=O)c1ccccc1C2=O. The minimum absolute atomic E-state index is 0.0265. The first-order valence-electron chi connectivity index (χ1n) is 13.3. The summed E-state index contributed by atoms with van der Waals surface area (Å²) < 4.78 is 6.99. The van der Waals surface area contributed by atoms with E-state index in [4.69, 9.17) is 4.74 Å². The number of nitrogens with zero attached hydrogens (tertiary/aromatic N) is 1. The maximum absolute atomic E-state index is 14.7. The molecule has 0 bridgehead atoms. The average molecular weight is 585 g/mol. The molecule has 5 nitrogen and oxygen atoms in total. The fourth-order valence-corrected chi connectivity index (χ4v) is 7.14. The fraction of sp³-hybridized carbons (Fsp3) is 0.303. The summed E-state index contributed by atoms with van der Waals surface area (Å²) in [4.78, 5) is 45.9. The molecule has 3 aromatic carbocycles. The van der Waals surface area contributed by atoms with Crippen LogP contribution in [-0.4, -0.2) is 36.0 Å². The quantitative estimate of drug-likeness (QED) is 0.313. The van der Waals surface area contributed by atoms with Gasteiger partial charge in [-0.25, -0.2) is 0 Å². The molecule has 3 aliphatic rings. The van der Waals surface area contributed by atoms with Crippen molar-refractivity contribution in [1.29, 1.82) is 0 Å². The van der Waals surface area contributed by atoms with Gasteiger partial charge >= 0.3 is 0 Å². The van der Waals surface area contributed by atoms with Crippen LogP contribution in [0.15, 0.2) is 77.3 Å². The highest BCUT2D eigenvalue weighted by Crippen LogP contribution is 2.62. The Morgan fingerprint density at radius 1 is 0.974 bits per heavy atom. The molecule has 1 fully saturated rings. The fourth-order valence-electron chi connectivity index (χ4n) is 6.76. The molecular weight excluding hydrogens is 554 g/mol. The maximum Gasteiger partial charge on any atom is 0.180 e. The van der Waals surface area contributed by atoms with Crippen molar-refractivity contribution >= 4 is 45.0 Å². The number of ether oxygens (including phenoxy) is 1. The number of ketones is 3. The van der Waals surface area contributed by atoms with Crippen molar-refractivity contribution in [3.63, 3.8) is 0 Å². The van der Waals surface area contributed by atoms with Gasteiger partial charge in [0.1, 0.15) is 11.2 Å². The number of fused-ring (bicyclic) bond motifs is 5. The Bertz CT molecular complexity index is 1530. The summed E-state index contributed by atoms with van der Waals surface area (Å²) in [5, 5.41) is 0. The Kier molecular flexibility index (Phi) is 5.96. The lowest BCUT2D eigenvalue weighted by atomic mass is 9.63. The Hall–Kier alpha value is -3.51. The lowest BCUT2D eigenvalue weighted by Gasteiger charge is -2.38. The van der Waals surface area contributed by atoms with E-state index in [1.807, 2.05) is 87.2 Å². The number of halogens is 1. The van der Waals surface area contributed by atoms with Crippen LogP contribution in [0.3, 0.4) is 0 Å². The summed E-state index contributed by atoms with van der Waals surface area (Å²) in [7, 11) is 0. The predicted octanol–water partition coefficient (Wildman–Crippen LogP) is 6.90. The van der Waals surface area contributed by atoms with Gasteiger partial charge in [-0.05, 0) is 36.8 Å². The molecule has 6 rings (SSSR count). The van der Waals surface area contributed by atoms with Gasteiger partial charge in [0, 0.05) is 38.2 Å². The first kappa shape index (κ1) is 25.8. The number of para-hydroxylation sites is 1. The van der Waals surface area contributed by atoms with Gasteiger partial charge in [-0.2, -0.15) is 0 Å². The van der Waals surface area contributed by atoms with Gasteiger partial charge in [-0.15, -0.1) is 0 Å². The van der Waals surface area contributed by atoms with Crippen LogP contribution in [0.25, 0.3) is 6.08 Å². The van der Waals surface area contributed by atoms with E-state index >= 15 is 0 Å². The summed E-state index contributed by atoms with van der Waals surface area (Å²) in [6.45, 7) is 8.02. The second kappa shape index (κ2) is 9.02. The zero-order valence-corrected chi connectivity index (χ0v) is 24.0. The number of anilines is 1. The van der Waals surface area contributed by atoms with Crippen LogP contribution in [0.5, 0.6) is 5.75 Å². The van der Waals surface area contributed by atoms with E-state index in [1.165, 1.54) is 0 Å². The van der Waals surface area contributed by atoms with Crippen molar-refractivity contribution in [1.82, 2.24) is 0 Å². The van der Waals surface area contributed by atoms with Crippen LogP contribution in [0.1, 0.15) is 65.5 Å². The minimum atomic E-state index is -1.52. The molecule has 2 heterocycles. The molecule has 1 aliphatic carbocycles. The summed E-state index contributed by atoms with van der Waals surface area (Å²) in [6, 6.07) is 19.1. The lowest BCUT2D eigenvalue weighted by Crippen LogP contribution is -2.49. The van der Waals surface area contributed by atoms with Crippen molar-refractivity contribution in [2.24, 2.45) is 10.8 Å². The first-order chi connectivity index (χ1) is 18.6. The number of carbonyl (C=O) groups excluding carboxylic acids is 3. The molecule has 0 amide bonds. The third-order valence-corrected chi connectivity index (χ3v) is 8.82. The van der Waals surface area contributed by atoms with Crippen LogP contribution >= 0.6 is 15.9 Å². The second-order valence-corrected chi connectivity index (χ2v) is 12.4. The third-order valence-electron chi connectivity index (χ3n) is 8.33. The van der Waals surface area contributed by atoms with Gasteiger partial charge in [0.05, 0.1) is 18.7 Å². The number of benzene rings is 3. The Balaban J connectivity index is 1.72. The summed E-state index contributed by atoms with van der Waals surface area (Å²) in [5.41, 5.74) is 1.05. The van der Waals surface area contributed by atoms with Crippen molar-refractivity contribution in [2.45, 2.75) is 45.7 Å². The number of carbonyl (C=O) groups is 3. The molecule has 1 saturated heterocycles. The number of hydrogen-bond acceptors (Lipinski definition) is 5. The van der Waals surface area contributed by atoms with E-state index in [9.17, 15) is 14.4 Å². The van der Waals surface area contributed by atoms with E-state index < -0.39 is 28.8 Å². The molecule has 2 aliphatic heterocycles. The molecule has 3 aromatic rings. The molecule has 0 saturated carbocycles. The van der Waals surface area contributed by atoms with Gasteiger partial charge in [0.25, 0.3) is 0 Å². The lowest BCUT2D eigenvalue weighted by molar-refractivity contribution is -0.127. The first-order valence-corrected chi connectivity index (χ1v) is 14.1. The largest absolute Gasteiger partial charge is 0.494 e. The number of Topliss-reactive ketones (excluding diaryl/α,β-unsaturated/α-hetero) is 3. The monoisotopic (exact) mass is 583 g/mol. The Morgan fingerprint density at radius 3 is 2.26 bits per heavy atom. The van der Waals surface area contributed by atoms with Crippen molar-refractivity contribution in [2.75, 3.05) is 11.5 Å². The smallest absolute Gasteiger partial charge is 0.180 e. The van der Waals surface area contributed by atoms with Crippen LogP contribution in [0, 0.1) is 10.8 Å². The van der Waals surface area contributed by atoms with E-state index in [-0.39, 0.29) is 17.3 Å². The summed E-state index contributed by atoms with van der Waals surface area (Å²) in [6.07, 6.45) is 3.92. The number of hydrogen-bond donors (Lipinski definition) is 0. The van der Waals surface area contributed by atoms with Crippen LogP contribution < -0.4 is 9.64 Å². The highest BCUT2D eigenvalue weighted by atomic mass is 79.9. The normalized spacial score (nSPS) is 22.6. The van der Waals surface area contributed by atoms with E-state index in [0.717, 1.165) is 15.7 Å². The topological polar surface area (TPSA) is 63.7 Å². The summed E-state index contributed by atoms with van der Waals surface area (Å²) >= 11 is 3.57. The van der Waals surface area contributed by atoms with E-state index in [0.29, 0.717) is 29.0 Å². The van der Waals surface area contributed by atoms with Gasteiger partial charge < -0.3 is 9.64 Å². The van der Waals surface area contributed by atoms with Crippen LogP contribution in [-0.2, 0) is 4.79 Å². The highest BCUT2D eigenvalue weighted by Gasteiger charge is 2.72. The highest BCUT2D eigenvalue weighted by molar-refractivity contribution is 9.10. The van der Waals surface area contributed by atoms with Crippen LogP contribution in [0.4, 0.5) is 5.69 Å². The third kappa shape index (κ3) is 3.53. The molecular formula is C33H30BrNO4. The molecule has 0 N–H and O–H groups in total. The molecule has 0 unspecified atom stereocenters. The predicted molar refractivity (Wildman–Crippen MR) is 156 cm³/mol. The second-order valence-electron chi connectivity index (χ2n) is 11.5. The van der Waals surface area contributed by atoms with E-state index in [1.54, 1.807) is 24.3 Å². The minimum Gasteiger partial charge on any atom is -0.494 e. The molecule has 39 heavy (non-hydrogen) atoms. The van der Waals surface area contributed by atoms with Crippen molar-refractivity contribution in [3.05, 3.63) is 99.5 Å². The van der Waals surface area contributed by atoms with Gasteiger partial charge in [0.15, 0.2) is 17.3 Å². The summed E-state index contributed by atoms with van der Waals surface area (Å²) in [5.74, 6) is -0.662. The maximum atomic E-state index is 14.7. The molecule has 0 aromatic heterocycles. The molecule has 6 heteroatoms. The molecule has 0 radical (unpaired) electrons. The van der Waals surface area contributed by atoms with Gasteiger partial charge in [0.2, 0.25) is 0 Å². The molecule has 3 atom stereocenters. The molecule has 198 valence electrons. The Morgan fingerprint density at radius 2 is 1.62 bits per heavy atom. The van der Waals surface area contributed by atoms with Gasteiger partial charge in [-0.1, -0.05) is 91.3 Å². The van der Waals surface area contributed by atoms with Gasteiger partial charge in [-0.3, -0.25) is 14.4 Å².